The molecule has 3 saturated heterocycles. The fourth-order valence-electron chi connectivity index (χ4n) is 3.33. The summed E-state index contributed by atoms with van der Waals surface area (Å²) in [6, 6.07) is 0. The maximum atomic E-state index is 11.2. The minimum Gasteiger partial charge on any atom is -0.481 e. The first-order chi connectivity index (χ1) is 9.22. The molecule has 0 amide bonds. The van der Waals surface area contributed by atoms with Crippen molar-refractivity contribution in [2.45, 2.75) is 50.1 Å². The quantitative estimate of drug-likeness (QED) is 0.324. The number of allylic oxidation sites excluding steroid dienone is 2. The number of fused-ring (bicyclic) bond motifs is 5. The zero-order valence-corrected chi connectivity index (χ0v) is 10.6. The van der Waals surface area contributed by atoms with E-state index in [1.165, 1.54) is 0 Å². The highest BCUT2D eigenvalue weighted by atomic mass is 16.7. The molecule has 6 unspecified atom stereocenters. The Morgan fingerprint density at radius 2 is 1.84 bits per heavy atom. The summed E-state index contributed by atoms with van der Waals surface area (Å²) in [7, 11) is 0. The average Bonchev–Trinajstić information content (AvgIpc) is 3.01. The summed E-state index contributed by atoms with van der Waals surface area (Å²) < 4.78 is 11.3. The summed E-state index contributed by atoms with van der Waals surface area (Å²) >= 11 is 0. The lowest BCUT2D eigenvalue weighted by Gasteiger charge is -2.19. The van der Waals surface area contributed by atoms with Crippen molar-refractivity contribution in [1.82, 2.24) is 0 Å². The fraction of sp³-hybridized carbons (Fsp3) is 0.714. The predicted octanol–water partition coefficient (Wildman–Crippen LogP) is 1.17. The maximum Gasteiger partial charge on any atom is 0.303 e. The van der Waals surface area contributed by atoms with Gasteiger partial charge in [0.05, 0.1) is 12.2 Å². The summed E-state index contributed by atoms with van der Waals surface area (Å²) in [5, 5.41) is 8.52. The van der Waals surface area contributed by atoms with Gasteiger partial charge < -0.3 is 19.4 Å². The van der Waals surface area contributed by atoms with Gasteiger partial charge in [-0.25, -0.2) is 0 Å². The summed E-state index contributed by atoms with van der Waals surface area (Å²) in [5.74, 6) is -0.577. The number of hydrogen-bond donors (Lipinski definition) is 1. The van der Waals surface area contributed by atoms with Gasteiger partial charge in [0.1, 0.15) is 18.5 Å². The van der Waals surface area contributed by atoms with E-state index < -0.39 is 5.97 Å². The molecular weight excluding hydrogens is 248 g/mol. The van der Waals surface area contributed by atoms with Crippen LogP contribution in [-0.4, -0.2) is 41.8 Å². The summed E-state index contributed by atoms with van der Waals surface area (Å²) in [6.45, 7) is 0. The van der Waals surface area contributed by atoms with Crippen molar-refractivity contribution in [3.63, 3.8) is 0 Å². The van der Waals surface area contributed by atoms with Gasteiger partial charge in [-0.2, -0.15) is 0 Å². The number of carbonyl (C=O) groups is 2. The van der Waals surface area contributed by atoms with Crippen LogP contribution in [0.4, 0.5) is 0 Å². The van der Waals surface area contributed by atoms with Crippen molar-refractivity contribution in [2.75, 3.05) is 0 Å². The van der Waals surface area contributed by atoms with Gasteiger partial charge in [-0.05, 0) is 19.3 Å². The lowest BCUT2D eigenvalue weighted by Crippen LogP contribution is -2.33. The van der Waals surface area contributed by atoms with E-state index >= 15 is 0 Å². The SMILES string of the molecule is O=CC1C(C/C=C/CCCC(=O)O)C2OC1C1OC21. The molecule has 5 nitrogen and oxygen atoms in total. The van der Waals surface area contributed by atoms with Crippen molar-refractivity contribution in [3.8, 4) is 0 Å². The molecule has 0 spiro atoms. The number of aliphatic carboxylic acids is 1. The Morgan fingerprint density at radius 1 is 1.11 bits per heavy atom. The smallest absolute Gasteiger partial charge is 0.303 e. The number of hydrogen-bond acceptors (Lipinski definition) is 4. The number of unbranched alkanes of at least 4 members (excludes halogenated alkanes) is 1. The van der Waals surface area contributed by atoms with Crippen LogP contribution in [0.2, 0.25) is 0 Å². The molecule has 1 N–H and O–H groups in total. The van der Waals surface area contributed by atoms with Crippen molar-refractivity contribution >= 4 is 12.3 Å². The van der Waals surface area contributed by atoms with Gasteiger partial charge in [-0.1, -0.05) is 12.2 Å². The molecule has 3 heterocycles. The van der Waals surface area contributed by atoms with Crippen LogP contribution in [0.5, 0.6) is 0 Å². The van der Waals surface area contributed by atoms with E-state index in [0.29, 0.717) is 6.42 Å². The minimum absolute atomic E-state index is 0.0297. The Labute approximate surface area is 111 Å². The van der Waals surface area contributed by atoms with Crippen LogP contribution in [0.15, 0.2) is 12.2 Å². The first-order valence-electron chi connectivity index (χ1n) is 6.85. The number of ether oxygens (including phenoxy) is 2. The topological polar surface area (TPSA) is 76.1 Å². The van der Waals surface area contributed by atoms with E-state index in [4.69, 9.17) is 14.6 Å². The molecule has 3 aliphatic heterocycles. The molecule has 5 heteroatoms. The first-order valence-corrected chi connectivity index (χ1v) is 6.85. The lowest BCUT2D eigenvalue weighted by atomic mass is 9.78. The second-order valence-electron chi connectivity index (χ2n) is 5.50. The lowest BCUT2D eigenvalue weighted by molar-refractivity contribution is -0.137. The summed E-state index contributed by atoms with van der Waals surface area (Å²) in [5.41, 5.74) is 0. The molecule has 0 aromatic heterocycles. The highest BCUT2D eigenvalue weighted by Gasteiger charge is 2.68. The maximum absolute atomic E-state index is 11.2. The van der Waals surface area contributed by atoms with Crippen LogP contribution in [0, 0.1) is 11.8 Å². The molecule has 3 aliphatic rings. The van der Waals surface area contributed by atoms with E-state index in [2.05, 4.69) is 0 Å². The van der Waals surface area contributed by atoms with Crippen LogP contribution in [0.3, 0.4) is 0 Å². The third-order valence-electron chi connectivity index (χ3n) is 4.31. The Bertz CT molecular complexity index is 405. The fourth-order valence-corrected chi connectivity index (χ4v) is 3.33. The van der Waals surface area contributed by atoms with Gasteiger partial charge in [0, 0.05) is 18.3 Å². The molecule has 104 valence electrons. The molecule has 0 aromatic carbocycles. The standard InChI is InChI=1S/C14H18O5/c15-7-9-8(5-3-1-2-4-6-10(16)17)11-13-14(19-13)12(9)18-11/h1,3,7-9,11-14H,2,4-6H2,(H,16,17)/b3-1+. The third-order valence-corrected chi connectivity index (χ3v) is 4.31. The average molecular weight is 266 g/mol. The highest BCUT2D eigenvalue weighted by Crippen LogP contribution is 2.54. The molecule has 0 radical (unpaired) electrons. The third kappa shape index (κ3) is 2.32. The Morgan fingerprint density at radius 3 is 2.58 bits per heavy atom. The minimum atomic E-state index is -0.757. The predicted molar refractivity (Wildman–Crippen MR) is 65.6 cm³/mol. The van der Waals surface area contributed by atoms with Gasteiger partial charge in [0.15, 0.2) is 0 Å². The van der Waals surface area contributed by atoms with Crippen molar-refractivity contribution < 1.29 is 24.2 Å². The van der Waals surface area contributed by atoms with Crippen LogP contribution < -0.4 is 0 Å². The van der Waals surface area contributed by atoms with E-state index in [0.717, 1.165) is 19.1 Å². The van der Waals surface area contributed by atoms with Crippen molar-refractivity contribution in [2.24, 2.45) is 11.8 Å². The van der Waals surface area contributed by atoms with Gasteiger partial charge in [-0.3, -0.25) is 4.79 Å². The van der Waals surface area contributed by atoms with Crippen LogP contribution in [-0.2, 0) is 19.1 Å². The van der Waals surface area contributed by atoms with Gasteiger partial charge >= 0.3 is 5.97 Å². The molecule has 3 fully saturated rings. The van der Waals surface area contributed by atoms with Crippen LogP contribution in [0.1, 0.15) is 25.7 Å². The number of rotatable bonds is 7. The molecule has 0 saturated carbocycles. The molecule has 2 bridgehead atoms. The molecule has 3 rings (SSSR count). The largest absolute Gasteiger partial charge is 0.481 e. The van der Waals surface area contributed by atoms with E-state index in [9.17, 15) is 9.59 Å². The number of carbonyl (C=O) groups excluding carboxylic acids is 1. The van der Waals surface area contributed by atoms with E-state index in [1.807, 2.05) is 12.2 Å². The van der Waals surface area contributed by atoms with E-state index in [1.54, 1.807) is 0 Å². The van der Waals surface area contributed by atoms with Gasteiger partial charge in [0.2, 0.25) is 0 Å². The highest BCUT2D eigenvalue weighted by molar-refractivity contribution is 5.66. The normalized spacial score (nSPS) is 42.5. The second-order valence-corrected chi connectivity index (χ2v) is 5.50. The van der Waals surface area contributed by atoms with Gasteiger partial charge in [-0.15, -0.1) is 0 Å². The van der Waals surface area contributed by atoms with Crippen LogP contribution in [0.25, 0.3) is 0 Å². The second kappa shape index (κ2) is 5.06. The summed E-state index contributed by atoms with van der Waals surface area (Å²) in [6.07, 6.45) is 7.92. The first kappa shape index (κ1) is 12.8. The molecule has 19 heavy (non-hydrogen) atoms. The molecule has 0 aromatic rings. The van der Waals surface area contributed by atoms with Gasteiger partial charge in [0.25, 0.3) is 0 Å². The van der Waals surface area contributed by atoms with Crippen molar-refractivity contribution in [3.05, 3.63) is 12.2 Å². The molecular formula is C14H18O5. The summed E-state index contributed by atoms with van der Waals surface area (Å²) in [4.78, 5) is 21.5. The zero-order chi connectivity index (χ0) is 13.4. The molecule has 6 atom stereocenters. The Hall–Kier alpha value is -1.20. The van der Waals surface area contributed by atoms with E-state index in [-0.39, 0.29) is 42.7 Å². The monoisotopic (exact) mass is 266 g/mol. The molecule has 0 aliphatic carbocycles. The Kier molecular flexibility index (Phi) is 3.41. The zero-order valence-electron chi connectivity index (χ0n) is 10.6. The number of aldehydes is 1. The number of carboxylic acid groups (broad SMARTS) is 1. The van der Waals surface area contributed by atoms with Crippen LogP contribution >= 0.6 is 0 Å². The number of epoxide rings is 1. The Balaban J connectivity index is 1.46. The van der Waals surface area contributed by atoms with Crippen molar-refractivity contribution in [1.29, 1.82) is 0 Å². The number of carboxylic acids is 1.